The van der Waals surface area contributed by atoms with Gasteiger partial charge in [0.2, 0.25) is 6.41 Å². The maximum atomic E-state index is 13.6. The molecule has 6 nitrogen and oxygen atoms in total. The van der Waals surface area contributed by atoms with Gasteiger partial charge in [-0.3, -0.25) is 4.79 Å². The number of hydrogen-bond donors (Lipinski definition) is 4. The molecule has 1 unspecified atom stereocenters. The Morgan fingerprint density at radius 3 is 2.63 bits per heavy atom. The number of nitrogens with two attached hydrogens (primary N) is 1. The lowest BCUT2D eigenvalue weighted by Crippen LogP contribution is -2.17. The van der Waals surface area contributed by atoms with Gasteiger partial charge in [-0.25, -0.2) is 4.39 Å². The van der Waals surface area contributed by atoms with Crippen LogP contribution < -0.4 is 21.1 Å². The molecular weight excluding hydrogens is 503 g/mol. The summed E-state index contributed by atoms with van der Waals surface area (Å²) in [4.78, 5) is 14.5. The Labute approximate surface area is 227 Å². The fraction of sp³-hybridized carbons (Fsp3) is 0.233. The average molecular weight is 535 g/mol. The van der Waals surface area contributed by atoms with Crippen LogP contribution in [0.3, 0.4) is 0 Å². The molecule has 0 aliphatic carbocycles. The molecule has 1 amide bonds. The van der Waals surface area contributed by atoms with Crippen molar-refractivity contribution >= 4 is 28.9 Å². The second-order valence-corrected chi connectivity index (χ2v) is 9.43. The molecular formula is C30H32ClFN4O2. The van der Waals surface area contributed by atoms with Crippen LogP contribution in [-0.4, -0.2) is 24.5 Å². The van der Waals surface area contributed by atoms with Crippen molar-refractivity contribution in [3.8, 4) is 5.75 Å². The number of nitrogens with one attached hydrogen (secondary N) is 3. The van der Waals surface area contributed by atoms with E-state index in [1.165, 1.54) is 23.9 Å². The van der Waals surface area contributed by atoms with Crippen LogP contribution in [0.15, 0.2) is 79.1 Å². The molecule has 0 aliphatic heterocycles. The predicted molar refractivity (Wildman–Crippen MR) is 151 cm³/mol. The number of H-pyrrole nitrogens is 1. The molecule has 0 bridgehead atoms. The number of aromatic amines is 1. The van der Waals surface area contributed by atoms with Gasteiger partial charge in [0.25, 0.3) is 0 Å². The average Bonchev–Trinajstić information content (AvgIpc) is 3.28. The van der Waals surface area contributed by atoms with E-state index in [0.29, 0.717) is 30.1 Å². The van der Waals surface area contributed by atoms with E-state index in [9.17, 15) is 9.18 Å². The number of hydrogen-bond acceptors (Lipinski definition) is 4. The molecule has 0 aliphatic rings. The Balaban J connectivity index is 1.70. The van der Waals surface area contributed by atoms with E-state index in [1.54, 1.807) is 18.3 Å². The van der Waals surface area contributed by atoms with Crippen LogP contribution in [0.4, 0.5) is 4.39 Å². The maximum absolute atomic E-state index is 13.6. The summed E-state index contributed by atoms with van der Waals surface area (Å²) >= 11 is 6.34. The normalized spacial score (nSPS) is 12.1. The number of ether oxygens (including phenoxy) is 1. The monoisotopic (exact) mass is 534 g/mol. The summed E-state index contributed by atoms with van der Waals surface area (Å²) in [7, 11) is 0. The Bertz CT molecular complexity index is 1370. The highest BCUT2D eigenvalue weighted by atomic mass is 35.5. The third-order valence-electron chi connectivity index (χ3n) is 6.34. The van der Waals surface area contributed by atoms with Crippen molar-refractivity contribution < 1.29 is 13.9 Å². The van der Waals surface area contributed by atoms with E-state index in [-0.39, 0.29) is 5.82 Å². The summed E-state index contributed by atoms with van der Waals surface area (Å²) in [5, 5.41) is 7.51. The highest BCUT2D eigenvalue weighted by Gasteiger charge is 2.24. The Morgan fingerprint density at radius 1 is 1.00 bits per heavy atom. The molecule has 0 radical (unpaired) electrons. The molecule has 4 rings (SSSR count). The zero-order valence-corrected chi connectivity index (χ0v) is 21.8. The molecule has 198 valence electrons. The molecule has 0 saturated carbocycles. The summed E-state index contributed by atoms with van der Waals surface area (Å²) < 4.78 is 20.2. The van der Waals surface area contributed by atoms with Crippen LogP contribution in [-0.2, 0) is 17.6 Å². The Morgan fingerprint density at radius 2 is 1.84 bits per heavy atom. The van der Waals surface area contributed by atoms with Gasteiger partial charge < -0.3 is 26.1 Å². The summed E-state index contributed by atoms with van der Waals surface area (Å²) in [6.45, 7) is 1.33. The molecule has 5 N–H and O–H groups in total. The van der Waals surface area contributed by atoms with Gasteiger partial charge in [-0.2, -0.15) is 0 Å². The number of carbonyl (C=O) groups is 1. The van der Waals surface area contributed by atoms with E-state index >= 15 is 0 Å². The highest BCUT2D eigenvalue weighted by molar-refractivity contribution is 6.31. The van der Waals surface area contributed by atoms with E-state index in [0.717, 1.165) is 53.5 Å². The van der Waals surface area contributed by atoms with Gasteiger partial charge in [-0.1, -0.05) is 35.9 Å². The molecule has 38 heavy (non-hydrogen) atoms. The number of rotatable bonds is 14. The van der Waals surface area contributed by atoms with Crippen LogP contribution in [0.5, 0.6) is 5.75 Å². The molecule has 8 heteroatoms. The molecule has 1 atom stereocenters. The Hall–Kier alpha value is -3.97. The first-order valence-electron chi connectivity index (χ1n) is 12.7. The standard InChI is InChI=1S/C30H32ClFN4O2/c31-23-7-12-28-27(19-23)26(13-16-35-20-37)29(36-28)30(38-25-10-8-24(32)9-11-25)22-6-3-5-21(18-22)4-1-2-15-34-17-14-33/h3,5-12,14,17-20,30,34,36H,1-2,4,13,15-16,33H2,(H,35,37)/b17-14-. The number of amides is 1. The lowest BCUT2D eigenvalue weighted by atomic mass is 9.97. The molecule has 0 spiro atoms. The van der Waals surface area contributed by atoms with Crippen LogP contribution >= 0.6 is 11.6 Å². The second-order valence-electron chi connectivity index (χ2n) is 9.00. The lowest BCUT2D eigenvalue weighted by molar-refractivity contribution is -0.109. The first kappa shape index (κ1) is 27.1. The Kier molecular flexibility index (Phi) is 9.65. The number of aromatic nitrogens is 1. The van der Waals surface area contributed by atoms with Crippen molar-refractivity contribution in [3.63, 3.8) is 0 Å². The van der Waals surface area contributed by atoms with Gasteiger partial charge in [0.05, 0.1) is 5.69 Å². The van der Waals surface area contributed by atoms with Crippen molar-refractivity contribution in [2.24, 2.45) is 5.73 Å². The SMILES string of the molecule is N/C=C\NCCCCc1cccc(C(Oc2ccc(F)cc2)c2[nH]c3ccc(Cl)cc3c2CCNC=O)c1. The van der Waals surface area contributed by atoms with Crippen molar-refractivity contribution in [3.05, 3.63) is 112 Å². The lowest BCUT2D eigenvalue weighted by Gasteiger charge is -2.21. The predicted octanol–water partition coefficient (Wildman–Crippen LogP) is 5.76. The molecule has 0 fully saturated rings. The number of fused-ring (bicyclic) bond motifs is 1. The third kappa shape index (κ3) is 7.07. The van der Waals surface area contributed by atoms with Crippen LogP contribution in [0, 0.1) is 5.82 Å². The van der Waals surface area contributed by atoms with E-state index in [1.807, 2.05) is 30.3 Å². The molecule has 3 aromatic carbocycles. The van der Waals surface area contributed by atoms with Gasteiger partial charge in [-0.15, -0.1) is 0 Å². The van der Waals surface area contributed by atoms with Crippen LogP contribution in [0.2, 0.25) is 5.02 Å². The van der Waals surface area contributed by atoms with Gasteiger partial charge in [0.1, 0.15) is 11.6 Å². The number of benzene rings is 3. The summed E-state index contributed by atoms with van der Waals surface area (Å²) in [5.74, 6) is 0.225. The summed E-state index contributed by atoms with van der Waals surface area (Å²) in [5.41, 5.74) is 10.3. The van der Waals surface area contributed by atoms with Gasteiger partial charge >= 0.3 is 0 Å². The number of aryl methyl sites for hydroxylation is 1. The maximum Gasteiger partial charge on any atom is 0.207 e. The summed E-state index contributed by atoms with van der Waals surface area (Å²) in [6.07, 6.45) is 6.98. The fourth-order valence-electron chi connectivity index (χ4n) is 4.55. The minimum absolute atomic E-state index is 0.326. The van der Waals surface area contributed by atoms with Crippen molar-refractivity contribution in [2.45, 2.75) is 31.8 Å². The van der Waals surface area contributed by atoms with Crippen molar-refractivity contribution in [2.75, 3.05) is 13.1 Å². The minimum atomic E-state index is -0.492. The second kappa shape index (κ2) is 13.5. The van der Waals surface area contributed by atoms with Crippen molar-refractivity contribution in [1.82, 2.24) is 15.6 Å². The number of unbranched alkanes of at least 4 members (excludes halogenated alkanes) is 1. The van der Waals surface area contributed by atoms with Crippen molar-refractivity contribution in [1.29, 1.82) is 0 Å². The molecule has 1 heterocycles. The van der Waals surface area contributed by atoms with Crippen LogP contribution in [0.1, 0.15) is 41.3 Å². The number of halogens is 2. The molecule has 1 aromatic heterocycles. The molecule has 0 saturated heterocycles. The topological polar surface area (TPSA) is 92.2 Å². The smallest absolute Gasteiger partial charge is 0.207 e. The number of carbonyl (C=O) groups excluding carboxylic acids is 1. The minimum Gasteiger partial charge on any atom is -0.479 e. The van der Waals surface area contributed by atoms with Crippen LogP contribution in [0.25, 0.3) is 10.9 Å². The van der Waals surface area contributed by atoms with Gasteiger partial charge in [0.15, 0.2) is 6.10 Å². The molecule has 4 aromatic rings. The zero-order chi connectivity index (χ0) is 26.7. The quantitative estimate of drug-likeness (QED) is 0.122. The highest BCUT2D eigenvalue weighted by Crippen LogP contribution is 2.35. The van der Waals surface area contributed by atoms with E-state index in [4.69, 9.17) is 22.1 Å². The summed E-state index contributed by atoms with van der Waals surface area (Å²) in [6, 6.07) is 20.1. The van der Waals surface area contributed by atoms with E-state index < -0.39 is 6.10 Å². The zero-order valence-electron chi connectivity index (χ0n) is 21.1. The fourth-order valence-corrected chi connectivity index (χ4v) is 4.72. The van der Waals surface area contributed by atoms with Gasteiger partial charge in [0, 0.05) is 41.4 Å². The first-order valence-corrected chi connectivity index (χ1v) is 13.0. The largest absolute Gasteiger partial charge is 0.479 e. The van der Waals surface area contributed by atoms with E-state index in [2.05, 4.69) is 27.8 Å². The third-order valence-corrected chi connectivity index (χ3v) is 6.57. The van der Waals surface area contributed by atoms with Gasteiger partial charge in [-0.05, 0) is 84.8 Å². The first-order chi connectivity index (χ1) is 18.6.